The van der Waals surface area contributed by atoms with E-state index in [0.29, 0.717) is 26.1 Å². The summed E-state index contributed by atoms with van der Waals surface area (Å²) in [5.41, 5.74) is 0.0270. The van der Waals surface area contributed by atoms with Crippen molar-refractivity contribution in [1.82, 2.24) is 16.0 Å². The lowest BCUT2D eigenvalue weighted by molar-refractivity contribution is 0.0949. The number of carbonyl (C=O) groups is 2. The first-order valence-electron chi connectivity index (χ1n) is 6.19. The molecule has 0 aliphatic rings. The molecule has 104 valence electrons. The third-order valence-electron chi connectivity index (χ3n) is 2.38. The standard InChI is InChI=1S/C13H18FN3O2/c1-2-15-13(19)17-9-5-8-16-12(18)10-6-3-4-7-11(10)14/h3-4,6-7H,2,5,8-9H2,1H3,(H,16,18)(H2,15,17,19). The summed E-state index contributed by atoms with van der Waals surface area (Å²) in [6.45, 7) is 3.22. The van der Waals surface area contributed by atoms with Crippen molar-refractivity contribution in [2.75, 3.05) is 19.6 Å². The highest BCUT2D eigenvalue weighted by Crippen LogP contribution is 2.05. The average Bonchev–Trinajstić information content (AvgIpc) is 2.39. The summed E-state index contributed by atoms with van der Waals surface area (Å²) in [4.78, 5) is 22.7. The summed E-state index contributed by atoms with van der Waals surface area (Å²) in [6, 6.07) is 5.57. The predicted octanol–water partition coefficient (Wildman–Crippen LogP) is 1.26. The number of urea groups is 1. The van der Waals surface area contributed by atoms with Gasteiger partial charge in [-0.3, -0.25) is 4.79 Å². The van der Waals surface area contributed by atoms with Crippen LogP contribution in [0.1, 0.15) is 23.7 Å². The van der Waals surface area contributed by atoms with E-state index in [1.165, 1.54) is 18.2 Å². The minimum absolute atomic E-state index is 0.0270. The van der Waals surface area contributed by atoms with Gasteiger partial charge in [-0.1, -0.05) is 12.1 Å². The van der Waals surface area contributed by atoms with Crippen LogP contribution in [0.2, 0.25) is 0 Å². The number of halogens is 1. The Labute approximate surface area is 111 Å². The number of amides is 3. The Bertz CT molecular complexity index is 438. The highest BCUT2D eigenvalue weighted by Gasteiger charge is 2.09. The lowest BCUT2D eigenvalue weighted by atomic mass is 10.2. The molecule has 0 spiro atoms. The van der Waals surface area contributed by atoms with Gasteiger partial charge in [0, 0.05) is 19.6 Å². The van der Waals surface area contributed by atoms with Crippen LogP contribution in [0.15, 0.2) is 24.3 Å². The van der Waals surface area contributed by atoms with E-state index >= 15 is 0 Å². The molecule has 0 unspecified atom stereocenters. The molecule has 5 nitrogen and oxygen atoms in total. The van der Waals surface area contributed by atoms with E-state index in [2.05, 4.69) is 16.0 Å². The highest BCUT2D eigenvalue weighted by molar-refractivity contribution is 5.94. The van der Waals surface area contributed by atoms with Gasteiger partial charge >= 0.3 is 6.03 Å². The summed E-state index contributed by atoms with van der Waals surface area (Å²) in [5.74, 6) is -0.989. The van der Waals surface area contributed by atoms with Gasteiger partial charge in [0.1, 0.15) is 5.82 Å². The van der Waals surface area contributed by atoms with Crippen LogP contribution in [0.3, 0.4) is 0 Å². The molecular formula is C13H18FN3O2. The zero-order chi connectivity index (χ0) is 14.1. The molecule has 0 fully saturated rings. The van der Waals surface area contributed by atoms with Crippen molar-refractivity contribution in [3.05, 3.63) is 35.6 Å². The van der Waals surface area contributed by atoms with E-state index in [4.69, 9.17) is 0 Å². The monoisotopic (exact) mass is 267 g/mol. The maximum atomic E-state index is 13.3. The maximum Gasteiger partial charge on any atom is 0.314 e. The molecule has 0 saturated carbocycles. The first kappa shape index (κ1) is 14.9. The summed E-state index contributed by atoms with van der Waals surface area (Å²) in [5, 5.41) is 7.82. The van der Waals surface area contributed by atoms with E-state index in [1.807, 2.05) is 6.92 Å². The largest absolute Gasteiger partial charge is 0.352 e. The molecular weight excluding hydrogens is 249 g/mol. The third-order valence-corrected chi connectivity index (χ3v) is 2.38. The van der Waals surface area contributed by atoms with Crippen molar-refractivity contribution < 1.29 is 14.0 Å². The lowest BCUT2D eigenvalue weighted by Crippen LogP contribution is -2.37. The molecule has 0 aliphatic heterocycles. The summed E-state index contributed by atoms with van der Waals surface area (Å²) < 4.78 is 13.3. The van der Waals surface area contributed by atoms with Crippen LogP contribution in [0, 0.1) is 5.82 Å². The number of nitrogens with one attached hydrogen (secondary N) is 3. The maximum absolute atomic E-state index is 13.3. The van der Waals surface area contributed by atoms with E-state index in [9.17, 15) is 14.0 Å². The van der Waals surface area contributed by atoms with Gasteiger partial charge in [-0.15, -0.1) is 0 Å². The molecule has 0 heterocycles. The zero-order valence-electron chi connectivity index (χ0n) is 10.8. The SMILES string of the molecule is CCNC(=O)NCCCNC(=O)c1ccccc1F. The Morgan fingerprint density at radius 2 is 1.79 bits per heavy atom. The number of hydrogen-bond donors (Lipinski definition) is 3. The Kier molecular flexibility index (Phi) is 6.35. The van der Waals surface area contributed by atoms with E-state index in [0.717, 1.165) is 0 Å². The van der Waals surface area contributed by atoms with Crippen LogP contribution in [0.5, 0.6) is 0 Å². The van der Waals surface area contributed by atoms with Gasteiger partial charge in [0.05, 0.1) is 5.56 Å². The van der Waals surface area contributed by atoms with Gasteiger partial charge in [0.2, 0.25) is 0 Å². The number of rotatable bonds is 6. The summed E-state index contributed by atoms with van der Waals surface area (Å²) in [7, 11) is 0. The van der Waals surface area contributed by atoms with E-state index < -0.39 is 11.7 Å². The molecule has 0 atom stereocenters. The molecule has 0 aliphatic carbocycles. The van der Waals surface area contributed by atoms with Crippen LogP contribution in [0.25, 0.3) is 0 Å². The van der Waals surface area contributed by atoms with Crippen LogP contribution in [-0.4, -0.2) is 31.6 Å². The normalized spacial score (nSPS) is 9.79. The van der Waals surface area contributed by atoms with Crippen molar-refractivity contribution in [1.29, 1.82) is 0 Å². The van der Waals surface area contributed by atoms with Gasteiger partial charge in [-0.25, -0.2) is 9.18 Å². The van der Waals surface area contributed by atoms with Crippen LogP contribution >= 0.6 is 0 Å². The second-order valence-electron chi connectivity index (χ2n) is 3.88. The highest BCUT2D eigenvalue weighted by atomic mass is 19.1. The molecule has 3 amide bonds. The van der Waals surface area contributed by atoms with Gasteiger partial charge in [-0.2, -0.15) is 0 Å². The molecule has 0 saturated heterocycles. The zero-order valence-corrected chi connectivity index (χ0v) is 10.8. The van der Waals surface area contributed by atoms with Crippen molar-refractivity contribution in [3.8, 4) is 0 Å². The number of hydrogen-bond acceptors (Lipinski definition) is 2. The van der Waals surface area contributed by atoms with Crippen LogP contribution in [0.4, 0.5) is 9.18 Å². The number of carbonyl (C=O) groups excluding carboxylic acids is 2. The number of benzene rings is 1. The van der Waals surface area contributed by atoms with Crippen LogP contribution in [-0.2, 0) is 0 Å². The minimum Gasteiger partial charge on any atom is -0.352 e. The van der Waals surface area contributed by atoms with Crippen LogP contribution < -0.4 is 16.0 Å². The fourth-order valence-corrected chi connectivity index (χ4v) is 1.46. The molecule has 0 radical (unpaired) electrons. The molecule has 0 aromatic heterocycles. The lowest BCUT2D eigenvalue weighted by Gasteiger charge is -2.07. The fourth-order valence-electron chi connectivity index (χ4n) is 1.46. The molecule has 6 heteroatoms. The molecule has 19 heavy (non-hydrogen) atoms. The van der Waals surface area contributed by atoms with E-state index in [-0.39, 0.29) is 11.6 Å². The topological polar surface area (TPSA) is 70.2 Å². The Morgan fingerprint density at radius 3 is 2.47 bits per heavy atom. The second kappa shape index (κ2) is 8.07. The molecule has 0 bridgehead atoms. The van der Waals surface area contributed by atoms with Crippen molar-refractivity contribution in [2.24, 2.45) is 0 Å². The second-order valence-corrected chi connectivity index (χ2v) is 3.88. The van der Waals surface area contributed by atoms with Gasteiger partial charge in [-0.05, 0) is 25.5 Å². The first-order chi connectivity index (χ1) is 9.15. The average molecular weight is 267 g/mol. The van der Waals surface area contributed by atoms with Crippen molar-refractivity contribution in [2.45, 2.75) is 13.3 Å². The molecule has 3 N–H and O–H groups in total. The van der Waals surface area contributed by atoms with Crippen molar-refractivity contribution in [3.63, 3.8) is 0 Å². The molecule has 1 aromatic rings. The first-order valence-corrected chi connectivity index (χ1v) is 6.19. The predicted molar refractivity (Wildman–Crippen MR) is 70.4 cm³/mol. The van der Waals surface area contributed by atoms with E-state index in [1.54, 1.807) is 6.07 Å². The van der Waals surface area contributed by atoms with Gasteiger partial charge in [0.15, 0.2) is 0 Å². The quantitative estimate of drug-likeness (QED) is 0.679. The van der Waals surface area contributed by atoms with Gasteiger partial charge < -0.3 is 16.0 Å². The van der Waals surface area contributed by atoms with Gasteiger partial charge in [0.25, 0.3) is 5.91 Å². The fraction of sp³-hybridized carbons (Fsp3) is 0.385. The van der Waals surface area contributed by atoms with Crippen molar-refractivity contribution >= 4 is 11.9 Å². The summed E-state index contributed by atoms with van der Waals surface area (Å²) in [6.07, 6.45) is 0.581. The Balaban J connectivity index is 2.21. The Morgan fingerprint density at radius 1 is 1.11 bits per heavy atom. The summed E-state index contributed by atoms with van der Waals surface area (Å²) >= 11 is 0. The Hall–Kier alpha value is -2.11. The smallest absolute Gasteiger partial charge is 0.314 e. The molecule has 1 aromatic carbocycles. The molecule has 1 rings (SSSR count). The minimum atomic E-state index is -0.541. The third kappa shape index (κ3) is 5.37.